The van der Waals surface area contributed by atoms with Crippen LogP contribution in [0.2, 0.25) is 0 Å². The topological polar surface area (TPSA) is 131 Å². The summed E-state index contributed by atoms with van der Waals surface area (Å²) in [4.78, 5) is 31.6. The van der Waals surface area contributed by atoms with Gasteiger partial charge in [-0.25, -0.2) is 9.59 Å². The number of benzene rings is 3. The van der Waals surface area contributed by atoms with Crippen LogP contribution in [0.3, 0.4) is 0 Å². The molecule has 0 radical (unpaired) electrons. The van der Waals surface area contributed by atoms with Gasteiger partial charge in [-0.15, -0.1) is 5.06 Å². The van der Waals surface area contributed by atoms with Crippen LogP contribution in [0.25, 0.3) is 21.6 Å². The number of hydroxylamine groups is 2. The summed E-state index contributed by atoms with van der Waals surface area (Å²) in [5.74, 6) is -2.88. The Morgan fingerprint density at radius 3 is 2.23 bits per heavy atom. The molecule has 0 unspecified atom stereocenters. The zero-order valence-corrected chi connectivity index (χ0v) is 20.6. The van der Waals surface area contributed by atoms with Crippen molar-refractivity contribution < 1.29 is 32.3 Å². The monoisotopic (exact) mass is 539 g/mol. The summed E-state index contributed by atoms with van der Waals surface area (Å²) in [6, 6.07) is 20.2. The van der Waals surface area contributed by atoms with Gasteiger partial charge in [-0.2, -0.15) is 13.2 Å². The number of nitrogens with zero attached hydrogens (tertiary/aromatic N) is 4. The van der Waals surface area contributed by atoms with Crippen molar-refractivity contribution in [1.82, 2.24) is 5.06 Å². The highest BCUT2D eigenvalue weighted by molar-refractivity contribution is 5.79. The van der Waals surface area contributed by atoms with E-state index in [9.17, 15) is 22.8 Å². The van der Waals surface area contributed by atoms with Crippen molar-refractivity contribution in [2.45, 2.75) is 31.6 Å². The second-order valence-electron chi connectivity index (χ2n) is 8.73. The number of rotatable bonds is 8. The molecule has 0 saturated heterocycles. The van der Waals surface area contributed by atoms with E-state index >= 15 is 0 Å². The lowest BCUT2D eigenvalue weighted by Crippen LogP contribution is -2.40. The Hall–Kier alpha value is -4.54. The van der Waals surface area contributed by atoms with Crippen molar-refractivity contribution in [3.05, 3.63) is 105 Å². The zero-order valence-electron chi connectivity index (χ0n) is 20.6. The van der Waals surface area contributed by atoms with E-state index in [0.717, 1.165) is 27.8 Å². The van der Waals surface area contributed by atoms with Gasteiger partial charge in [0.15, 0.2) is 0 Å². The molecule has 4 rings (SSSR count). The quantitative estimate of drug-likeness (QED) is 0.168. The summed E-state index contributed by atoms with van der Waals surface area (Å²) in [6.45, 7) is -0.377. The zero-order chi connectivity index (χ0) is 28.0. The minimum absolute atomic E-state index is 0.0173. The third kappa shape index (κ3) is 6.31. The number of azide groups is 1. The second-order valence-corrected chi connectivity index (χ2v) is 8.73. The van der Waals surface area contributed by atoms with Crippen LogP contribution in [0.4, 0.5) is 18.0 Å². The van der Waals surface area contributed by atoms with Crippen molar-refractivity contribution in [3.8, 4) is 11.1 Å². The molecule has 3 aromatic carbocycles. The molecule has 0 saturated carbocycles. The van der Waals surface area contributed by atoms with Crippen LogP contribution in [-0.2, 0) is 33.9 Å². The van der Waals surface area contributed by atoms with E-state index in [0.29, 0.717) is 11.1 Å². The summed E-state index contributed by atoms with van der Waals surface area (Å²) in [6.07, 6.45) is -6.53. The maximum Gasteiger partial charge on any atom is 0.493 e. The Bertz CT molecular complexity index is 1380. The molecular formula is C27H24F3N5O4. The molecule has 12 heteroatoms. The molecule has 1 aliphatic rings. The van der Waals surface area contributed by atoms with E-state index in [-0.39, 0.29) is 37.1 Å². The molecule has 0 bridgehead atoms. The molecule has 0 atom stereocenters. The fourth-order valence-electron chi connectivity index (χ4n) is 4.51. The number of ether oxygens (including phenoxy) is 1. The van der Waals surface area contributed by atoms with Crippen LogP contribution in [0.5, 0.6) is 0 Å². The van der Waals surface area contributed by atoms with Crippen LogP contribution in [-0.4, -0.2) is 36.5 Å². The summed E-state index contributed by atoms with van der Waals surface area (Å²) in [5, 5.41) is 3.79. The average molecular weight is 540 g/mol. The Morgan fingerprint density at radius 1 is 1.00 bits per heavy atom. The minimum Gasteiger partial charge on any atom is -0.446 e. The van der Waals surface area contributed by atoms with Crippen LogP contribution in [0.1, 0.15) is 33.7 Å². The van der Waals surface area contributed by atoms with E-state index < -0.39 is 24.8 Å². The number of fused-ring (bicyclic) bond motifs is 3. The first-order valence-electron chi connectivity index (χ1n) is 12.0. The molecule has 1 aliphatic carbocycles. The molecule has 2 N–H and O–H groups in total. The SMILES string of the molecule is [N-]=[N+]=NCc1cc(CCN(OC(=O)C(F)(F)F)C(=O)OCC2c3ccccc3-c3ccccc32)ccc1CN. The fourth-order valence-corrected chi connectivity index (χ4v) is 4.51. The van der Waals surface area contributed by atoms with Crippen molar-refractivity contribution in [2.75, 3.05) is 13.2 Å². The molecule has 0 fully saturated rings. The van der Waals surface area contributed by atoms with Gasteiger partial charge >= 0.3 is 18.2 Å². The molecule has 0 spiro atoms. The van der Waals surface area contributed by atoms with Gasteiger partial charge in [-0.05, 0) is 50.9 Å². The van der Waals surface area contributed by atoms with Crippen molar-refractivity contribution in [1.29, 1.82) is 0 Å². The first-order valence-corrected chi connectivity index (χ1v) is 12.0. The number of nitrogens with two attached hydrogens (primary N) is 1. The van der Waals surface area contributed by atoms with E-state index in [1.54, 1.807) is 18.2 Å². The minimum atomic E-state index is -5.31. The molecule has 0 aromatic heterocycles. The highest BCUT2D eigenvalue weighted by atomic mass is 19.4. The number of halogens is 3. The van der Waals surface area contributed by atoms with Gasteiger partial charge in [0.2, 0.25) is 0 Å². The predicted molar refractivity (Wildman–Crippen MR) is 135 cm³/mol. The number of alkyl halides is 3. The standard InChI is InChI=1S/C27H24F3N5O4/c28-27(29,30)25(36)39-35(12-11-17-9-10-18(14-31)19(13-17)15-33-34-32)26(37)38-16-24-22-7-3-1-5-20(22)21-6-2-4-8-23(21)24/h1-10,13,24H,11-12,14-16,31H2. The lowest BCUT2D eigenvalue weighted by molar-refractivity contribution is -0.231. The maximum absolute atomic E-state index is 12.9. The Morgan fingerprint density at radius 2 is 1.64 bits per heavy atom. The first kappa shape index (κ1) is 27.5. The Balaban J connectivity index is 1.50. The fraction of sp³-hybridized carbons (Fsp3) is 0.259. The van der Waals surface area contributed by atoms with E-state index in [1.807, 2.05) is 48.5 Å². The van der Waals surface area contributed by atoms with Gasteiger partial charge in [-0.1, -0.05) is 71.8 Å². The molecule has 3 aromatic rings. The lowest BCUT2D eigenvalue weighted by Gasteiger charge is -2.23. The van der Waals surface area contributed by atoms with Gasteiger partial charge in [0.25, 0.3) is 0 Å². The first-order chi connectivity index (χ1) is 18.7. The summed E-state index contributed by atoms with van der Waals surface area (Å²) in [7, 11) is 0. The maximum atomic E-state index is 12.9. The normalized spacial score (nSPS) is 12.2. The Kier molecular flexibility index (Phi) is 8.38. The predicted octanol–water partition coefficient (Wildman–Crippen LogP) is 5.77. The molecule has 1 amide bonds. The van der Waals surface area contributed by atoms with Gasteiger partial charge < -0.3 is 15.3 Å². The van der Waals surface area contributed by atoms with Crippen molar-refractivity contribution >= 4 is 12.1 Å². The molecule has 0 aliphatic heterocycles. The number of carbonyl (C=O) groups is 2. The van der Waals surface area contributed by atoms with E-state index in [1.165, 1.54) is 0 Å². The smallest absolute Gasteiger partial charge is 0.446 e. The highest BCUT2D eigenvalue weighted by Gasteiger charge is 2.43. The summed E-state index contributed by atoms with van der Waals surface area (Å²) >= 11 is 0. The largest absolute Gasteiger partial charge is 0.493 e. The van der Waals surface area contributed by atoms with Crippen LogP contribution in [0.15, 0.2) is 71.8 Å². The highest BCUT2D eigenvalue weighted by Crippen LogP contribution is 2.44. The number of hydrogen-bond donors (Lipinski definition) is 1. The van der Waals surface area contributed by atoms with Gasteiger partial charge in [-0.3, -0.25) is 0 Å². The van der Waals surface area contributed by atoms with Crippen LogP contribution < -0.4 is 5.73 Å². The average Bonchev–Trinajstić information content (AvgIpc) is 3.25. The summed E-state index contributed by atoms with van der Waals surface area (Å²) in [5.41, 5.74) is 20.1. The van der Waals surface area contributed by atoms with Crippen molar-refractivity contribution in [2.24, 2.45) is 10.8 Å². The van der Waals surface area contributed by atoms with Gasteiger partial charge in [0.05, 0.1) is 13.1 Å². The third-order valence-electron chi connectivity index (χ3n) is 6.36. The van der Waals surface area contributed by atoms with Crippen LogP contribution >= 0.6 is 0 Å². The van der Waals surface area contributed by atoms with E-state index in [4.69, 9.17) is 16.0 Å². The molecule has 9 nitrogen and oxygen atoms in total. The number of hydrogen-bond acceptors (Lipinski definition) is 6. The molecule has 0 heterocycles. The van der Waals surface area contributed by atoms with Gasteiger partial charge in [0.1, 0.15) is 6.61 Å². The number of carbonyl (C=O) groups excluding carboxylic acids is 2. The molecule has 202 valence electrons. The van der Waals surface area contributed by atoms with Gasteiger partial charge in [0, 0.05) is 17.4 Å². The second kappa shape index (κ2) is 11.9. The van der Waals surface area contributed by atoms with Crippen LogP contribution in [0, 0.1) is 0 Å². The van der Waals surface area contributed by atoms with Crippen molar-refractivity contribution in [3.63, 3.8) is 0 Å². The third-order valence-corrected chi connectivity index (χ3v) is 6.36. The molecular weight excluding hydrogens is 515 g/mol. The van der Waals surface area contributed by atoms with E-state index in [2.05, 4.69) is 14.9 Å². The summed E-state index contributed by atoms with van der Waals surface area (Å²) < 4.78 is 44.2. The Labute approximate surface area is 221 Å². The number of amides is 1. The molecule has 39 heavy (non-hydrogen) atoms. The lowest BCUT2D eigenvalue weighted by atomic mass is 9.98.